The van der Waals surface area contributed by atoms with Gasteiger partial charge in [0, 0.05) is 38.8 Å². The summed E-state index contributed by atoms with van der Waals surface area (Å²) < 4.78 is 0. The van der Waals surface area contributed by atoms with Gasteiger partial charge in [-0.15, -0.1) is 0 Å². The molecule has 1 aliphatic heterocycles. The summed E-state index contributed by atoms with van der Waals surface area (Å²) in [6, 6.07) is 11.8. The molecule has 1 aromatic rings. The van der Waals surface area contributed by atoms with Crippen LogP contribution in [0.4, 0.5) is 0 Å². The Morgan fingerprint density at radius 1 is 1.00 bits per heavy atom. The Labute approximate surface area is 123 Å². The second-order valence-electron chi connectivity index (χ2n) is 6.72. The van der Waals surface area contributed by atoms with E-state index < -0.39 is 0 Å². The van der Waals surface area contributed by atoms with Crippen molar-refractivity contribution in [3.05, 3.63) is 35.9 Å². The van der Waals surface area contributed by atoms with Crippen LogP contribution in [-0.4, -0.2) is 42.0 Å². The summed E-state index contributed by atoms with van der Waals surface area (Å²) in [4.78, 5) is 5.37. The number of benzene rings is 1. The molecule has 2 atom stereocenters. The molecule has 20 heavy (non-hydrogen) atoms. The average Bonchev–Trinajstić information content (AvgIpc) is 2.49. The van der Waals surface area contributed by atoms with Gasteiger partial charge in [-0.05, 0) is 24.3 Å². The maximum atomic E-state index is 2.76. The van der Waals surface area contributed by atoms with E-state index in [1.807, 2.05) is 0 Å². The van der Waals surface area contributed by atoms with Crippen LogP contribution in [0.25, 0.3) is 0 Å². The monoisotopic (exact) mass is 272 g/mol. The maximum Gasteiger partial charge on any atom is 0.0234 e. The second-order valence-corrected chi connectivity index (χ2v) is 6.72. The molecule has 1 saturated heterocycles. The first-order chi connectivity index (χ1) is 9.81. The van der Waals surface area contributed by atoms with Crippen LogP contribution in [0.3, 0.4) is 0 Å². The fourth-order valence-electron chi connectivity index (χ4n) is 3.86. The smallest absolute Gasteiger partial charge is 0.0234 e. The number of hydrogen-bond acceptors (Lipinski definition) is 2. The quantitative estimate of drug-likeness (QED) is 0.832. The van der Waals surface area contributed by atoms with Crippen molar-refractivity contribution in [2.75, 3.05) is 26.2 Å². The molecule has 0 aromatic heterocycles. The van der Waals surface area contributed by atoms with Crippen molar-refractivity contribution in [1.82, 2.24) is 9.80 Å². The lowest BCUT2D eigenvalue weighted by Gasteiger charge is -2.42. The highest BCUT2D eigenvalue weighted by atomic mass is 15.3. The van der Waals surface area contributed by atoms with Gasteiger partial charge in [-0.2, -0.15) is 0 Å². The molecule has 2 aliphatic rings. The fourth-order valence-corrected chi connectivity index (χ4v) is 3.86. The van der Waals surface area contributed by atoms with Crippen LogP contribution < -0.4 is 0 Å². The van der Waals surface area contributed by atoms with Crippen molar-refractivity contribution < 1.29 is 0 Å². The molecule has 110 valence electrons. The van der Waals surface area contributed by atoms with E-state index >= 15 is 0 Å². The predicted octanol–water partition coefficient (Wildman–Crippen LogP) is 3.38. The van der Waals surface area contributed by atoms with Crippen molar-refractivity contribution >= 4 is 0 Å². The third kappa shape index (κ3) is 3.62. The summed E-state index contributed by atoms with van der Waals surface area (Å²) in [5.41, 5.74) is 1.45. The standard InChI is InChI=1S/C18H28N2/c1-16-6-5-9-18(14-16)20-12-10-19(11-13-20)15-17-7-3-2-4-8-17/h2-4,7-8,16,18H,5-6,9-15H2,1H3/t16-,18-/m1/s1. The Balaban J connectivity index is 1.47. The van der Waals surface area contributed by atoms with Gasteiger partial charge in [-0.1, -0.05) is 50.1 Å². The van der Waals surface area contributed by atoms with E-state index in [1.54, 1.807) is 0 Å². The molecule has 0 bridgehead atoms. The van der Waals surface area contributed by atoms with Gasteiger partial charge in [0.1, 0.15) is 0 Å². The lowest BCUT2D eigenvalue weighted by atomic mass is 9.86. The maximum absolute atomic E-state index is 2.76. The van der Waals surface area contributed by atoms with Gasteiger partial charge in [-0.25, -0.2) is 0 Å². The van der Waals surface area contributed by atoms with Gasteiger partial charge in [0.05, 0.1) is 0 Å². The van der Waals surface area contributed by atoms with Crippen molar-refractivity contribution in [2.45, 2.75) is 45.2 Å². The Kier molecular flexibility index (Phi) is 4.74. The van der Waals surface area contributed by atoms with Gasteiger partial charge in [0.25, 0.3) is 0 Å². The van der Waals surface area contributed by atoms with E-state index in [4.69, 9.17) is 0 Å². The van der Waals surface area contributed by atoms with E-state index in [9.17, 15) is 0 Å². The summed E-state index contributed by atoms with van der Waals surface area (Å²) in [5, 5.41) is 0. The molecule has 3 rings (SSSR count). The molecule has 2 fully saturated rings. The van der Waals surface area contributed by atoms with Crippen LogP contribution >= 0.6 is 0 Å². The summed E-state index contributed by atoms with van der Waals surface area (Å²) in [6.07, 6.45) is 5.75. The molecular weight excluding hydrogens is 244 g/mol. The zero-order valence-corrected chi connectivity index (χ0v) is 12.8. The zero-order valence-electron chi connectivity index (χ0n) is 12.8. The Morgan fingerprint density at radius 2 is 1.75 bits per heavy atom. The lowest BCUT2D eigenvalue weighted by Crippen LogP contribution is -2.50. The normalized spacial score (nSPS) is 29.4. The Morgan fingerprint density at radius 3 is 2.45 bits per heavy atom. The van der Waals surface area contributed by atoms with E-state index in [2.05, 4.69) is 47.1 Å². The molecule has 2 nitrogen and oxygen atoms in total. The minimum Gasteiger partial charge on any atom is -0.298 e. The zero-order chi connectivity index (χ0) is 13.8. The van der Waals surface area contributed by atoms with Crippen LogP contribution in [0, 0.1) is 5.92 Å². The van der Waals surface area contributed by atoms with Crippen molar-refractivity contribution in [3.63, 3.8) is 0 Å². The summed E-state index contributed by atoms with van der Waals surface area (Å²) in [7, 11) is 0. The van der Waals surface area contributed by atoms with Crippen LogP contribution in [0.1, 0.15) is 38.2 Å². The van der Waals surface area contributed by atoms with Crippen molar-refractivity contribution in [2.24, 2.45) is 5.92 Å². The van der Waals surface area contributed by atoms with Gasteiger partial charge >= 0.3 is 0 Å². The van der Waals surface area contributed by atoms with Crippen LogP contribution in [0.5, 0.6) is 0 Å². The Hall–Kier alpha value is -0.860. The highest BCUT2D eigenvalue weighted by Gasteiger charge is 2.27. The van der Waals surface area contributed by atoms with Crippen molar-refractivity contribution in [3.8, 4) is 0 Å². The molecule has 0 spiro atoms. The third-order valence-corrected chi connectivity index (χ3v) is 5.08. The van der Waals surface area contributed by atoms with Crippen LogP contribution in [0.15, 0.2) is 30.3 Å². The number of hydrogen-bond donors (Lipinski definition) is 0. The molecule has 0 amide bonds. The second kappa shape index (κ2) is 6.73. The SMILES string of the molecule is C[C@@H]1CCC[C@@H](N2CCN(Cc3ccccc3)CC2)C1. The molecule has 0 radical (unpaired) electrons. The summed E-state index contributed by atoms with van der Waals surface area (Å²) in [6.45, 7) is 8.56. The first-order valence-electron chi connectivity index (χ1n) is 8.31. The van der Waals surface area contributed by atoms with E-state index in [0.717, 1.165) is 18.5 Å². The minimum absolute atomic E-state index is 0.873. The highest BCUT2D eigenvalue weighted by molar-refractivity contribution is 5.14. The fraction of sp³-hybridized carbons (Fsp3) is 0.667. The molecule has 2 heteroatoms. The number of rotatable bonds is 3. The average molecular weight is 272 g/mol. The molecule has 0 unspecified atom stereocenters. The molecule has 0 N–H and O–H groups in total. The molecule has 1 saturated carbocycles. The van der Waals surface area contributed by atoms with Gasteiger partial charge in [-0.3, -0.25) is 9.80 Å². The minimum atomic E-state index is 0.873. The molecule has 1 aliphatic carbocycles. The van der Waals surface area contributed by atoms with Gasteiger partial charge in [0.15, 0.2) is 0 Å². The third-order valence-electron chi connectivity index (χ3n) is 5.08. The molecule has 1 aromatic carbocycles. The molecule has 1 heterocycles. The van der Waals surface area contributed by atoms with Crippen LogP contribution in [0.2, 0.25) is 0 Å². The largest absolute Gasteiger partial charge is 0.298 e. The lowest BCUT2D eigenvalue weighted by molar-refractivity contribution is 0.0659. The number of piperazine rings is 1. The topological polar surface area (TPSA) is 6.48 Å². The van der Waals surface area contributed by atoms with E-state index in [0.29, 0.717) is 0 Å². The van der Waals surface area contributed by atoms with Crippen molar-refractivity contribution in [1.29, 1.82) is 0 Å². The first kappa shape index (κ1) is 14.1. The Bertz CT molecular complexity index is 395. The van der Waals surface area contributed by atoms with E-state index in [-0.39, 0.29) is 0 Å². The predicted molar refractivity (Wildman–Crippen MR) is 84.7 cm³/mol. The van der Waals surface area contributed by atoms with Crippen LogP contribution in [-0.2, 0) is 6.54 Å². The highest BCUT2D eigenvalue weighted by Crippen LogP contribution is 2.28. The summed E-state index contributed by atoms with van der Waals surface area (Å²) >= 11 is 0. The molecular formula is C18H28N2. The summed E-state index contributed by atoms with van der Waals surface area (Å²) in [5.74, 6) is 0.941. The van der Waals surface area contributed by atoms with Gasteiger partial charge in [0.2, 0.25) is 0 Å². The first-order valence-corrected chi connectivity index (χ1v) is 8.31. The number of nitrogens with zero attached hydrogens (tertiary/aromatic N) is 2. The van der Waals surface area contributed by atoms with Gasteiger partial charge < -0.3 is 0 Å². The van der Waals surface area contributed by atoms with E-state index in [1.165, 1.54) is 57.4 Å².